The predicted molar refractivity (Wildman–Crippen MR) is 77.7 cm³/mol. The Bertz CT molecular complexity index is 515. The molecule has 0 spiro atoms. The number of sulfonamides is 1. The molecular formula is C13H18BrNO3S. The SMILES string of the molecule is O=S(=O)(NC1CCCC(O)C1)c1ccc(CBr)cc1. The summed E-state index contributed by atoms with van der Waals surface area (Å²) in [5.74, 6) is 0. The lowest BCUT2D eigenvalue weighted by Crippen LogP contribution is -2.39. The Morgan fingerprint density at radius 3 is 2.53 bits per heavy atom. The van der Waals surface area contributed by atoms with Crippen molar-refractivity contribution in [3.8, 4) is 0 Å². The summed E-state index contributed by atoms with van der Waals surface area (Å²) in [6, 6.07) is 6.64. The molecule has 6 heteroatoms. The van der Waals surface area contributed by atoms with Gasteiger partial charge in [0, 0.05) is 11.4 Å². The molecule has 1 saturated carbocycles. The number of benzene rings is 1. The molecule has 19 heavy (non-hydrogen) atoms. The van der Waals surface area contributed by atoms with E-state index in [9.17, 15) is 13.5 Å². The quantitative estimate of drug-likeness (QED) is 0.820. The third-order valence-corrected chi connectivity index (χ3v) is 5.54. The summed E-state index contributed by atoms with van der Waals surface area (Å²) in [6.07, 6.45) is 2.51. The number of rotatable bonds is 4. The molecule has 4 nitrogen and oxygen atoms in total. The van der Waals surface area contributed by atoms with Gasteiger partial charge in [-0.1, -0.05) is 28.1 Å². The number of nitrogens with one attached hydrogen (secondary N) is 1. The monoisotopic (exact) mass is 347 g/mol. The Balaban J connectivity index is 2.08. The average molecular weight is 348 g/mol. The maximum atomic E-state index is 12.2. The van der Waals surface area contributed by atoms with Crippen LogP contribution >= 0.6 is 15.9 Å². The third kappa shape index (κ3) is 4.02. The molecule has 2 atom stereocenters. The van der Waals surface area contributed by atoms with E-state index in [-0.39, 0.29) is 10.9 Å². The minimum Gasteiger partial charge on any atom is -0.393 e. The summed E-state index contributed by atoms with van der Waals surface area (Å²) in [7, 11) is -3.48. The first-order valence-corrected chi connectivity index (χ1v) is 8.97. The van der Waals surface area contributed by atoms with Crippen LogP contribution in [-0.2, 0) is 15.4 Å². The largest absolute Gasteiger partial charge is 0.393 e. The van der Waals surface area contributed by atoms with Crippen molar-refractivity contribution in [2.45, 2.75) is 48.1 Å². The first-order chi connectivity index (χ1) is 9.01. The van der Waals surface area contributed by atoms with Crippen LogP contribution in [0.2, 0.25) is 0 Å². The standard InChI is InChI=1S/C13H18BrNO3S/c14-9-10-4-6-13(7-5-10)19(17,18)15-11-2-1-3-12(16)8-11/h4-7,11-12,15-16H,1-3,8-9H2. The topological polar surface area (TPSA) is 66.4 Å². The van der Waals surface area contributed by atoms with E-state index >= 15 is 0 Å². The average Bonchev–Trinajstić information content (AvgIpc) is 2.38. The molecule has 1 fully saturated rings. The highest BCUT2D eigenvalue weighted by Crippen LogP contribution is 2.21. The molecule has 0 heterocycles. The van der Waals surface area contributed by atoms with Gasteiger partial charge < -0.3 is 5.11 Å². The van der Waals surface area contributed by atoms with E-state index in [1.807, 2.05) is 0 Å². The molecule has 0 saturated heterocycles. The number of halogens is 1. The Morgan fingerprint density at radius 2 is 1.95 bits per heavy atom. The van der Waals surface area contributed by atoms with Crippen LogP contribution in [0.4, 0.5) is 0 Å². The predicted octanol–water partition coefficient (Wildman–Crippen LogP) is 2.16. The van der Waals surface area contributed by atoms with E-state index in [1.165, 1.54) is 0 Å². The molecule has 1 aliphatic carbocycles. The summed E-state index contributed by atoms with van der Waals surface area (Å²) in [4.78, 5) is 0.275. The van der Waals surface area contributed by atoms with E-state index in [2.05, 4.69) is 20.7 Å². The Labute approximate surface area is 122 Å². The number of aliphatic hydroxyl groups is 1. The molecule has 0 aliphatic heterocycles. The summed E-state index contributed by atoms with van der Waals surface area (Å²) in [5.41, 5.74) is 1.03. The fourth-order valence-corrected chi connectivity index (χ4v) is 3.97. The first-order valence-electron chi connectivity index (χ1n) is 6.36. The zero-order valence-electron chi connectivity index (χ0n) is 10.5. The van der Waals surface area contributed by atoms with E-state index in [1.54, 1.807) is 24.3 Å². The summed E-state index contributed by atoms with van der Waals surface area (Å²) in [5, 5.41) is 10.3. The van der Waals surface area contributed by atoms with Gasteiger partial charge in [0.1, 0.15) is 0 Å². The minimum absolute atomic E-state index is 0.162. The van der Waals surface area contributed by atoms with Gasteiger partial charge >= 0.3 is 0 Å². The number of hydrogen-bond acceptors (Lipinski definition) is 3. The smallest absolute Gasteiger partial charge is 0.240 e. The second kappa shape index (κ2) is 6.35. The lowest BCUT2D eigenvalue weighted by Gasteiger charge is -2.26. The maximum absolute atomic E-state index is 12.2. The van der Waals surface area contributed by atoms with Crippen LogP contribution in [0.5, 0.6) is 0 Å². The summed E-state index contributed by atoms with van der Waals surface area (Å²) in [6.45, 7) is 0. The molecule has 2 N–H and O–H groups in total. The van der Waals surface area contributed by atoms with Crippen LogP contribution in [0.3, 0.4) is 0 Å². The number of aliphatic hydroxyl groups excluding tert-OH is 1. The second-order valence-corrected chi connectivity index (χ2v) is 7.19. The molecule has 1 aromatic rings. The van der Waals surface area contributed by atoms with Gasteiger partial charge in [-0.3, -0.25) is 0 Å². The fraction of sp³-hybridized carbons (Fsp3) is 0.538. The van der Waals surface area contributed by atoms with Crippen molar-refractivity contribution in [1.82, 2.24) is 4.72 Å². The lowest BCUT2D eigenvalue weighted by molar-refractivity contribution is 0.117. The number of alkyl halides is 1. The van der Waals surface area contributed by atoms with Crippen molar-refractivity contribution in [2.75, 3.05) is 0 Å². The number of hydrogen-bond donors (Lipinski definition) is 2. The van der Waals surface area contributed by atoms with Gasteiger partial charge in [0.25, 0.3) is 0 Å². The van der Waals surface area contributed by atoms with Gasteiger partial charge in [-0.15, -0.1) is 0 Å². The van der Waals surface area contributed by atoms with Gasteiger partial charge in [-0.2, -0.15) is 0 Å². The van der Waals surface area contributed by atoms with Crippen LogP contribution in [0.25, 0.3) is 0 Å². The Hall–Kier alpha value is -0.430. The van der Waals surface area contributed by atoms with E-state index in [0.29, 0.717) is 11.8 Å². The van der Waals surface area contributed by atoms with Crippen molar-refractivity contribution in [3.05, 3.63) is 29.8 Å². The van der Waals surface area contributed by atoms with E-state index in [4.69, 9.17) is 0 Å². The fourth-order valence-electron chi connectivity index (χ4n) is 2.32. The molecule has 0 radical (unpaired) electrons. The van der Waals surface area contributed by atoms with Crippen LogP contribution < -0.4 is 4.72 Å². The van der Waals surface area contributed by atoms with E-state index < -0.39 is 16.1 Å². The molecule has 2 unspecified atom stereocenters. The van der Waals surface area contributed by atoms with Gasteiger partial charge in [-0.25, -0.2) is 13.1 Å². The molecule has 0 aromatic heterocycles. The van der Waals surface area contributed by atoms with Gasteiger partial charge in [-0.05, 0) is 43.4 Å². The van der Waals surface area contributed by atoms with Crippen molar-refractivity contribution < 1.29 is 13.5 Å². The zero-order valence-corrected chi connectivity index (χ0v) is 13.0. The highest BCUT2D eigenvalue weighted by molar-refractivity contribution is 9.08. The third-order valence-electron chi connectivity index (χ3n) is 3.36. The maximum Gasteiger partial charge on any atom is 0.240 e. The first kappa shape index (κ1) is 15.0. The van der Waals surface area contributed by atoms with Crippen LogP contribution in [0.1, 0.15) is 31.2 Å². The zero-order chi connectivity index (χ0) is 13.9. The van der Waals surface area contributed by atoms with Crippen LogP contribution in [0, 0.1) is 0 Å². The molecule has 2 rings (SSSR count). The van der Waals surface area contributed by atoms with Gasteiger partial charge in [0.2, 0.25) is 10.0 Å². The Kier molecular flexibility index (Phi) is 5.00. The second-order valence-electron chi connectivity index (χ2n) is 4.92. The summed E-state index contributed by atoms with van der Waals surface area (Å²) >= 11 is 3.33. The van der Waals surface area contributed by atoms with Crippen molar-refractivity contribution in [1.29, 1.82) is 0 Å². The van der Waals surface area contributed by atoms with Crippen LogP contribution in [0.15, 0.2) is 29.2 Å². The van der Waals surface area contributed by atoms with Gasteiger partial charge in [0.05, 0.1) is 11.0 Å². The molecule has 0 amide bonds. The van der Waals surface area contributed by atoms with Crippen LogP contribution in [-0.4, -0.2) is 25.7 Å². The highest BCUT2D eigenvalue weighted by atomic mass is 79.9. The minimum atomic E-state index is -3.48. The molecule has 106 valence electrons. The summed E-state index contributed by atoms with van der Waals surface area (Å²) < 4.78 is 27.1. The van der Waals surface area contributed by atoms with Crippen molar-refractivity contribution >= 4 is 26.0 Å². The molecular weight excluding hydrogens is 330 g/mol. The Morgan fingerprint density at radius 1 is 1.26 bits per heavy atom. The van der Waals surface area contributed by atoms with Crippen molar-refractivity contribution in [3.63, 3.8) is 0 Å². The molecule has 1 aromatic carbocycles. The molecule has 0 bridgehead atoms. The van der Waals surface area contributed by atoms with Gasteiger partial charge in [0.15, 0.2) is 0 Å². The normalized spacial score (nSPS) is 24.3. The van der Waals surface area contributed by atoms with Crippen molar-refractivity contribution in [2.24, 2.45) is 0 Å². The van der Waals surface area contributed by atoms with E-state index in [0.717, 1.165) is 24.8 Å². The molecule has 1 aliphatic rings. The lowest BCUT2D eigenvalue weighted by atomic mass is 9.94. The highest BCUT2D eigenvalue weighted by Gasteiger charge is 2.25.